The molecule has 34 heavy (non-hydrogen) atoms. The Bertz CT molecular complexity index is 1420. The van der Waals surface area contributed by atoms with Crippen molar-refractivity contribution in [3.05, 3.63) is 54.2 Å². The molecule has 0 saturated heterocycles. The van der Waals surface area contributed by atoms with E-state index in [1.54, 1.807) is 34.9 Å². The Balaban J connectivity index is 0.00000324. The van der Waals surface area contributed by atoms with Gasteiger partial charge in [-0.05, 0) is 36.8 Å². The normalized spacial score (nSPS) is 12.0. The number of sulfonamides is 1. The standard InChI is InChI=1S/C21H20F3N5O3S.Na.H/c1-33(31,32)28-15-6-3-13(4-7-15)18-12-26-20-19(25-9-2-10-30)27-16-11-14(21(22,23)24)5-8-17(16)29(18)20;;/h3-8,11-12,28,30H,2,9-10H2,1H3,(H,25,27);;. The molecule has 0 spiro atoms. The molecule has 8 nitrogen and oxygen atoms in total. The van der Waals surface area contributed by atoms with E-state index >= 15 is 0 Å². The first-order valence-corrected chi connectivity index (χ1v) is 11.8. The number of nitrogens with one attached hydrogen (secondary N) is 2. The number of anilines is 2. The third-order valence-electron chi connectivity index (χ3n) is 4.86. The van der Waals surface area contributed by atoms with Crippen molar-refractivity contribution in [3.63, 3.8) is 0 Å². The molecule has 0 amide bonds. The zero-order valence-electron chi connectivity index (χ0n) is 17.4. The van der Waals surface area contributed by atoms with E-state index in [9.17, 15) is 21.6 Å². The second-order valence-electron chi connectivity index (χ2n) is 7.42. The first-order valence-electron chi connectivity index (χ1n) is 9.88. The number of nitrogens with zero attached hydrogens (tertiary/aromatic N) is 3. The maximum atomic E-state index is 13.3. The summed E-state index contributed by atoms with van der Waals surface area (Å²) < 4.78 is 66.8. The molecule has 2 aromatic carbocycles. The Kier molecular flexibility index (Phi) is 7.78. The van der Waals surface area contributed by atoms with Crippen molar-refractivity contribution in [2.75, 3.05) is 29.4 Å². The number of fused-ring (bicyclic) bond motifs is 3. The van der Waals surface area contributed by atoms with Crippen LogP contribution in [0.3, 0.4) is 0 Å². The fraction of sp³-hybridized carbons (Fsp3) is 0.238. The van der Waals surface area contributed by atoms with E-state index < -0.39 is 21.8 Å². The van der Waals surface area contributed by atoms with Crippen molar-refractivity contribution in [2.24, 2.45) is 0 Å². The van der Waals surface area contributed by atoms with E-state index in [0.29, 0.717) is 41.1 Å². The van der Waals surface area contributed by atoms with Gasteiger partial charge in [-0.25, -0.2) is 18.4 Å². The van der Waals surface area contributed by atoms with Gasteiger partial charge in [0.05, 0.1) is 34.7 Å². The minimum atomic E-state index is -4.52. The number of halogens is 3. The van der Waals surface area contributed by atoms with Crippen LogP contribution in [0.25, 0.3) is 27.9 Å². The van der Waals surface area contributed by atoms with Gasteiger partial charge in [-0.15, -0.1) is 0 Å². The van der Waals surface area contributed by atoms with Gasteiger partial charge in [0, 0.05) is 24.4 Å². The molecule has 3 N–H and O–H groups in total. The van der Waals surface area contributed by atoms with Crippen molar-refractivity contribution >= 4 is 67.8 Å². The Morgan fingerprint density at radius 1 is 1.12 bits per heavy atom. The number of aliphatic hydroxyl groups is 1. The van der Waals surface area contributed by atoms with Crippen LogP contribution in [0.15, 0.2) is 48.7 Å². The van der Waals surface area contributed by atoms with Crippen LogP contribution in [0.4, 0.5) is 24.7 Å². The molecule has 0 saturated carbocycles. The summed E-state index contributed by atoms with van der Waals surface area (Å²) in [6, 6.07) is 9.86. The molecule has 4 rings (SSSR count). The molecule has 0 aliphatic heterocycles. The van der Waals surface area contributed by atoms with E-state index in [1.165, 1.54) is 6.07 Å². The number of hydrogen-bond acceptors (Lipinski definition) is 6. The number of benzene rings is 2. The van der Waals surface area contributed by atoms with Gasteiger partial charge in [0.25, 0.3) is 0 Å². The molecule has 0 fully saturated rings. The summed E-state index contributed by atoms with van der Waals surface area (Å²) in [6.07, 6.45) is -1.47. The molecule has 2 heterocycles. The van der Waals surface area contributed by atoms with Crippen LogP contribution < -0.4 is 10.0 Å². The molecule has 0 unspecified atom stereocenters. The molecule has 0 aliphatic rings. The van der Waals surface area contributed by atoms with Crippen molar-refractivity contribution in [1.82, 2.24) is 14.4 Å². The summed E-state index contributed by atoms with van der Waals surface area (Å²) in [7, 11) is -3.43. The van der Waals surface area contributed by atoms with Gasteiger partial charge < -0.3 is 10.4 Å². The van der Waals surface area contributed by atoms with Crippen LogP contribution in [0.2, 0.25) is 0 Å². The molecule has 176 valence electrons. The van der Waals surface area contributed by atoms with Crippen LogP contribution in [0.1, 0.15) is 12.0 Å². The van der Waals surface area contributed by atoms with E-state index in [-0.39, 0.29) is 47.5 Å². The van der Waals surface area contributed by atoms with Gasteiger partial charge in [0.15, 0.2) is 11.5 Å². The number of imidazole rings is 1. The average molecular weight is 503 g/mol. The molecular formula is C21H21F3N5NaO3S. The van der Waals surface area contributed by atoms with E-state index in [2.05, 4.69) is 20.0 Å². The molecule has 0 bridgehead atoms. The van der Waals surface area contributed by atoms with Crippen molar-refractivity contribution in [1.29, 1.82) is 0 Å². The predicted octanol–water partition coefficient (Wildman–Crippen LogP) is 3.09. The van der Waals surface area contributed by atoms with Gasteiger partial charge in [0.1, 0.15) is 0 Å². The molecule has 0 aliphatic carbocycles. The van der Waals surface area contributed by atoms with Crippen LogP contribution in [-0.2, 0) is 16.2 Å². The first kappa shape index (κ1) is 26.2. The second-order valence-corrected chi connectivity index (χ2v) is 9.17. The van der Waals surface area contributed by atoms with E-state index in [4.69, 9.17) is 5.11 Å². The Labute approximate surface area is 215 Å². The fourth-order valence-corrected chi connectivity index (χ4v) is 4.01. The summed E-state index contributed by atoms with van der Waals surface area (Å²) in [4.78, 5) is 8.78. The van der Waals surface area contributed by atoms with E-state index in [0.717, 1.165) is 18.4 Å². The molecule has 0 atom stereocenters. The molecular weight excluding hydrogens is 482 g/mol. The minimum absolute atomic E-state index is 0. The molecule has 0 radical (unpaired) electrons. The molecule has 13 heteroatoms. The van der Waals surface area contributed by atoms with Crippen LogP contribution in [0.5, 0.6) is 0 Å². The third kappa shape index (κ3) is 5.63. The summed E-state index contributed by atoms with van der Waals surface area (Å²) in [5, 5.41) is 12.1. The number of aromatic nitrogens is 3. The van der Waals surface area contributed by atoms with Gasteiger partial charge in [-0.2, -0.15) is 13.2 Å². The van der Waals surface area contributed by atoms with Gasteiger partial charge in [0.2, 0.25) is 10.0 Å². The van der Waals surface area contributed by atoms with Gasteiger partial charge in [-0.3, -0.25) is 9.12 Å². The van der Waals surface area contributed by atoms with Gasteiger partial charge in [-0.1, -0.05) is 12.1 Å². The van der Waals surface area contributed by atoms with Crippen LogP contribution >= 0.6 is 0 Å². The summed E-state index contributed by atoms with van der Waals surface area (Å²) in [5.41, 5.74) is 1.79. The molecule has 2 aromatic heterocycles. The van der Waals surface area contributed by atoms with Crippen molar-refractivity contribution in [3.8, 4) is 11.3 Å². The first-order chi connectivity index (χ1) is 15.6. The zero-order chi connectivity index (χ0) is 23.8. The van der Waals surface area contributed by atoms with Crippen LogP contribution in [-0.4, -0.2) is 76.9 Å². The van der Waals surface area contributed by atoms with Crippen molar-refractivity contribution in [2.45, 2.75) is 12.6 Å². The topological polar surface area (TPSA) is 109 Å². The van der Waals surface area contributed by atoms with Gasteiger partial charge >= 0.3 is 35.7 Å². The van der Waals surface area contributed by atoms with E-state index in [1.807, 2.05) is 0 Å². The summed E-state index contributed by atoms with van der Waals surface area (Å²) in [6.45, 7) is 0.306. The SMILES string of the molecule is CS(=O)(=O)Nc1ccc(-c2cnc3c(NCCCO)nc4cc(C(F)(F)F)ccc4n23)cc1.[NaH]. The number of aliphatic hydroxyl groups excluding tert-OH is 1. The average Bonchev–Trinajstić information content (AvgIpc) is 3.18. The van der Waals surface area contributed by atoms with Crippen molar-refractivity contribution < 1.29 is 26.7 Å². The van der Waals surface area contributed by atoms with Crippen LogP contribution in [0, 0.1) is 0 Å². The maximum absolute atomic E-state index is 13.3. The number of hydrogen-bond donors (Lipinski definition) is 3. The number of rotatable bonds is 7. The Morgan fingerprint density at radius 3 is 2.44 bits per heavy atom. The summed E-state index contributed by atoms with van der Waals surface area (Å²) >= 11 is 0. The Hall–Kier alpha value is -2.38. The number of alkyl halides is 3. The Morgan fingerprint density at radius 2 is 1.82 bits per heavy atom. The second kappa shape index (κ2) is 10.1. The molecule has 4 aromatic rings. The third-order valence-corrected chi connectivity index (χ3v) is 5.47. The quantitative estimate of drug-likeness (QED) is 0.264. The fourth-order valence-electron chi connectivity index (χ4n) is 3.44. The summed E-state index contributed by atoms with van der Waals surface area (Å²) in [5.74, 6) is 0.289. The monoisotopic (exact) mass is 503 g/mol. The predicted molar refractivity (Wildman–Crippen MR) is 127 cm³/mol. The zero-order valence-corrected chi connectivity index (χ0v) is 18.2.